The average molecular weight is 665 g/mol. The van der Waals surface area contributed by atoms with Gasteiger partial charge in [0.05, 0.1) is 38.0 Å². The number of hydrogen-bond donors (Lipinski definition) is 2. The molecular weight excluding hydrogens is 616 g/mol. The average Bonchev–Trinajstić information content (AvgIpc) is 3.52. The Bertz CT molecular complexity index is 1740. The van der Waals surface area contributed by atoms with E-state index in [1.165, 1.54) is 7.11 Å². The number of ether oxygens (including phenoxy) is 1. The second kappa shape index (κ2) is 17.9. The van der Waals surface area contributed by atoms with Crippen LogP contribution in [0.4, 0.5) is 0 Å². The van der Waals surface area contributed by atoms with Crippen LogP contribution in [-0.2, 0) is 38.6 Å². The van der Waals surface area contributed by atoms with E-state index in [-0.39, 0.29) is 42.7 Å². The zero-order chi connectivity index (χ0) is 35.3. The number of fused-ring (bicyclic) bond motifs is 1. The first-order chi connectivity index (χ1) is 23.6. The van der Waals surface area contributed by atoms with Gasteiger partial charge in [-0.25, -0.2) is 9.78 Å². The van der Waals surface area contributed by atoms with Crippen molar-refractivity contribution in [1.29, 1.82) is 5.26 Å². The number of nitrogens with one attached hydrogen (secondary N) is 2. The van der Waals surface area contributed by atoms with E-state index in [1.807, 2.05) is 53.6 Å². The molecule has 0 aliphatic rings. The Kier molecular flexibility index (Phi) is 13.5. The highest BCUT2D eigenvalue weighted by molar-refractivity contribution is 5.87. The fourth-order valence-corrected chi connectivity index (χ4v) is 6.00. The molecule has 49 heavy (non-hydrogen) atoms. The summed E-state index contributed by atoms with van der Waals surface area (Å²) < 4.78 is 6.91. The highest BCUT2D eigenvalue weighted by Crippen LogP contribution is 2.21. The molecule has 2 N–H and O–H groups in total. The van der Waals surface area contributed by atoms with Crippen LogP contribution < -0.4 is 10.6 Å². The first-order valence-corrected chi connectivity index (χ1v) is 16.9. The van der Waals surface area contributed by atoms with Crippen LogP contribution in [0.2, 0.25) is 0 Å². The minimum absolute atomic E-state index is 0.0367. The van der Waals surface area contributed by atoms with Crippen LogP contribution in [0.15, 0.2) is 79.3 Å². The number of esters is 1. The summed E-state index contributed by atoms with van der Waals surface area (Å²) in [5.41, 5.74) is 3.44. The van der Waals surface area contributed by atoms with Crippen LogP contribution in [0, 0.1) is 23.2 Å². The summed E-state index contributed by atoms with van der Waals surface area (Å²) in [6, 6.07) is 22.8. The van der Waals surface area contributed by atoms with Gasteiger partial charge in [-0.2, -0.15) is 5.26 Å². The van der Waals surface area contributed by atoms with Crippen molar-refractivity contribution < 1.29 is 19.1 Å². The molecule has 0 fully saturated rings. The maximum absolute atomic E-state index is 13.6. The van der Waals surface area contributed by atoms with Gasteiger partial charge in [0.1, 0.15) is 6.04 Å². The van der Waals surface area contributed by atoms with Gasteiger partial charge in [0, 0.05) is 37.6 Å². The fourth-order valence-electron chi connectivity index (χ4n) is 6.00. The minimum atomic E-state index is -0.740. The molecule has 2 amide bonds. The number of nitrogens with zero attached hydrogens (tertiary/aromatic N) is 4. The summed E-state index contributed by atoms with van der Waals surface area (Å²) in [4.78, 5) is 46.0. The van der Waals surface area contributed by atoms with Gasteiger partial charge in [-0.15, -0.1) is 0 Å². The summed E-state index contributed by atoms with van der Waals surface area (Å²) >= 11 is 0. The zero-order valence-corrected chi connectivity index (χ0v) is 29.2. The lowest BCUT2D eigenvalue weighted by Crippen LogP contribution is -2.51. The molecule has 0 unspecified atom stereocenters. The molecule has 0 spiro atoms. The Morgan fingerprint density at radius 1 is 0.980 bits per heavy atom. The monoisotopic (exact) mass is 664 g/mol. The Hall–Kier alpha value is -5.01. The largest absolute Gasteiger partial charge is 0.467 e. The third kappa shape index (κ3) is 10.7. The van der Waals surface area contributed by atoms with Crippen LogP contribution in [0.5, 0.6) is 0 Å². The third-order valence-corrected chi connectivity index (χ3v) is 8.88. The summed E-state index contributed by atoms with van der Waals surface area (Å²) in [7, 11) is 1.33. The van der Waals surface area contributed by atoms with Crippen LogP contribution in [0.3, 0.4) is 0 Å². The van der Waals surface area contributed by atoms with Crippen LogP contribution in [0.1, 0.15) is 62.9 Å². The molecule has 3 aromatic carbocycles. The van der Waals surface area contributed by atoms with Crippen molar-refractivity contribution in [1.82, 2.24) is 25.1 Å². The molecule has 1 aromatic heterocycles. The van der Waals surface area contributed by atoms with E-state index in [0.29, 0.717) is 31.6 Å². The van der Waals surface area contributed by atoms with Gasteiger partial charge in [-0.3, -0.25) is 14.5 Å². The van der Waals surface area contributed by atoms with E-state index in [1.54, 1.807) is 24.7 Å². The van der Waals surface area contributed by atoms with Crippen molar-refractivity contribution in [3.63, 3.8) is 0 Å². The van der Waals surface area contributed by atoms with Gasteiger partial charge in [0.2, 0.25) is 11.8 Å². The van der Waals surface area contributed by atoms with Gasteiger partial charge in [0.15, 0.2) is 0 Å². The molecule has 3 atom stereocenters. The summed E-state index contributed by atoms with van der Waals surface area (Å²) in [6.45, 7) is 9.65. The molecule has 10 heteroatoms. The first kappa shape index (κ1) is 36.8. The van der Waals surface area contributed by atoms with Crippen molar-refractivity contribution >= 4 is 28.6 Å². The van der Waals surface area contributed by atoms with E-state index in [2.05, 4.69) is 59.8 Å². The van der Waals surface area contributed by atoms with E-state index in [9.17, 15) is 14.4 Å². The van der Waals surface area contributed by atoms with E-state index in [4.69, 9.17) is 10.00 Å². The summed E-state index contributed by atoms with van der Waals surface area (Å²) in [5, 5.41) is 17.5. The molecule has 258 valence electrons. The predicted octanol–water partition coefficient (Wildman–Crippen LogP) is 5.24. The SMILES string of the molecule is CC[C@H](C)[C@@H](CN(CC(=O)N[C@@H](CC(C)C)C(=O)OC)Cc1cccc2ccccc12)NC(=O)Cc1cncn1Cc1ccc(C#N)cc1. The summed E-state index contributed by atoms with van der Waals surface area (Å²) in [6.07, 6.45) is 4.85. The molecule has 0 saturated carbocycles. The number of aromatic nitrogens is 2. The van der Waals surface area contributed by atoms with Gasteiger partial charge >= 0.3 is 5.97 Å². The standard InChI is InChI=1S/C39H48N6O4/c1-6-28(4)36(43-37(46)19-33-21-41-26-45(33)22-30-16-14-29(20-40)15-17-30)24-44(23-32-12-9-11-31-10-7-8-13-34(31)32)25-38(47)42-35(18-27(2)3)39(48)49-5/h7-17,21,26-28,35-36H,6,18-19,22-25H2,1-5H3,(H,42,47)(H,43,46)/t28-,35-,36+/m0/s1. The normalized spacial score (nSPS) is 13.1. The number of benzene rings is 3. The molecule has 1 heterocycles. The van der Waals surface area contributed by atoms with Crippen molar-refractivity contribution in [3.8, 4) is 6.07 Å². The Morgan fingerprint density at radius 2 is 1.71 bits per heavy atom. The van der Waals surface area contributed by atoms with Crippen molar-refractivity contribution in [2.24, 2.45) is 11.8 Å². The Balaban J connectivity index is 1.53. The number of amides is 2. The maximum atomic E-state index is 13.6. The number of nitriles is 1. The topological polar surface area (TPSA) is 129 Å². The van der Waals surface area contributed by atoms with Gasteiger partial charge in [0.25, 0.3) is 0 Å². The lowest BCUT2D eigenvalue weighted by atomic mass is 9.97. The van der Waals surface area contributed by atoms with Gasteiger partial charge < -0.3 is 19.9 Å². The Labute approximate surface area is 289 Å². The smallest absolute Gasteiger partial charge is 0.328 e. The number of imidazole rings is 1. The molecule has 0 radical (unpaired) electrons. The number of rotatable bonds is 17. The molecular formula is C39H48N6O4. The van der Waals surface area contributed by atoms with E-state index < -0.39 is 12.0 Å². The molecule has 0 aliphatic heterocycles. The fraction of sp³-hybridized carbons (Fsp3) is 0.410. The third-order valence-electron chi connectivity index (χ3n) is 8.88. The quantitative estimate of drug-likeness (QED) is 0.148. The van der Waals surface area contributed by atoms with Crippen molar-refractivity contribution in [2.45, 2.75) is 72.1 Å². The maximum Gasteiger partial charge on any atom is 0.328 e. The van der Waals surface area contributed by atoms with Crippen LogP contribution in [0.25, 0.3) is 10.8 Å². The minimum Gasteiger partial charge on any atom is -0.467 e. The van der Waals surface area contributed by atoms with Crippen LogP contribution >= 0.6 is 0 Å². The molecule has 0 aliphatic carbocycles. The number of carbonyl (C=O) groups is 3. The zero-order valence-electron chi connectivity index (χ0n) is 29.2. The van der Waals surface area contributed by atoms with Crippen molar-refractivity contribution in [3.05, 3.63) is 102 Å². The van der Waals surface area contributed by atoms with Crippen molar-refractivity contribution in [2.75, 3.05) is 20.2 Å². The lowest BCUT2D eigenvalue weighted by Gasteiger charge is -2.32. The molecule has 0 bridgehead atoms. The second-order valence-corrected chi connectivity index (χ2v) is 13.1. The lowest BCUT2D eigenvalue weighted by molar-refractivity contribution is -0.145. The van der Waals surface area contributed by atoms with Gasteiger partial charge in [-0.1, -0.05) is 88.7 Å². The number of hydrogen-bond acceptors (Lipinski definition) is 7. The first-order valence-electron chi connectivity index (χ1n) is 16.9. The highest BCUT2D eigenvalue weighted by atomic mass is 16.5. The number of methoxy groups -OCH3 is 1. The van der Waals surface area contributed by atoms with E-state index in [0.717, 1.165) is 34.0 Å². The highest BCUT2D eigenvalue weighted by Gasteiger charge is 2.27. The molecule has 0 saturated heterocycles. The molecule has 4 rings (SSSR count). The Morgan fingerprint density at radius 3 is 2.41 bits per heavy atom. The van der Waals surface area contributed by atoms with E-state index >= 15 is 0 Å². The second-order valence-electron chi connectivity index (χ2n) is 13.1. The molecule has 10 nitrogen and oxygen atoms in total. The van der Waals surface area contributed by atoms with Gasteiger partial charge in [-0.05, 0) is 52.3 Å². The number of carbonyl (C=O) groups excluding carboxylic acids is 3. The predicted molar refractivity (Wildman–Crippen MR) is 190 cm³/mol. The summed E-state index contributed by atoms with van der Waals surface area (Å²) in [5.74, 6) is -0.580. The molecule has 4 aromatic rings. The van der Waals surface area contributed by atoms with Crippen LogP contribution in [-0.4, -0.2) is 64.5 Å².